The lowest BCUT2D eigenvalue weighted by atomic mass is 10.2. The van der Waals surface area contributed by atoms with Crippen LogP contribution in [0.4, 0.5) is 0 Å². The Morgan fingerprint density at radius 2 is 2.19 bits per heavy atom. The number of hydrogen-bond acceptors (Lipinski definition) is 4. The zero-order valence-corrected chi connectivity index (χ0v) is 10.6. The smallest absolute Gasteiger partial charge is 0.247 e. The molecule has 0 amide bonds. The fourth-order valence-corrected chi connectivity index (χ4v) is 1.72. The van der Waals surface area contributed by atoms with Crippen LogP contribution in [0.5, 0.6) is 0 Å². The predicted molar refractivity (Wildman–Crippen MR) is 65.2 cm³/mol. The van der Waals surface area contributed by atoms with Crippen LogP contribution in [0.2, 0.25) is 5.02 Å². The number of benzene rings is 1. The zero-order chi connectivity index (χ0) is 11.5. The summed E-state index contributed by atoms with van der Waals surface area (Å²) in [4.78, 5) is 0. The van der Waals surface area contributed by atoms with E-state index in [1.54, 1.807) is 6.07 Å². The molecule has 1 heterocycles. The lowest BCUT2D eigenvalue weighted by molar-refractivity contribution is 0.507. The fraction of sp³-hybridized carbons (Fsp3) is 0.200. The minimum atomic E-state index is 0.473. The first kappa shape index (κ1) is 11.6. The maximum Gasteiger partial charge on any atom is 0.247 e. The standard InChI is InChI=1S/C10H9BrClN3O/c11-7-5-6(1-2-8(7)12)10-15-14-9(16-10)3-4-13/h1-2,5H,3-4,13H2. The Kier molecular flexibility index (Phi) is 3.58. The third-order valence-corrected chi connectivity index (χ3v) is 3.21. The molecule has 2 rings (SSSR count). The van der Waals surface area contributed by atoms with E-state index >= 15 is 0 Å². The highest BCUT2D eigenvalue weighted by molar-refractivity contribution is 9.10. The molecular formula is C10H9BrClN3O. The van der Waals surface area contributed by atoms with Crippen molar-refractivity contribution in [2.75, 3.05) is 6.54 Å². The van der Waals surface area contributed by atoms with E-state index in [0.29, 0.717) is 29.8 Å². The van der Waals surface area contributed by atoms with Gasteiger partial charge in [-0.25, -0.2) is 0 Å². The summed E-state index contributed by atoms with van der Waals surface area (Å²) in [7, 11) is 0. The summed E-state index contributed by atoms with van der Waals surface area (Å²) in [5.41, 5.74) is 6.23. The van der Waals surface area contributed by atoms with Crippen LogP contribution in [-0.4, -0.2) is 16.7 Å². The Morgan fingerprint density at radius 1 is 1.38 bits per heavy atom. The molecule has 0 unspecified atom stereocenters. The van der Waals surface area contributed by atoms with Crippen LogP contribution in [0.1, 0.15) is 5.89 Å². The quantitative estimate of drug-likeness (QED) is 0.946. The van der Waals surface area contributed by atoms with Crippen molar-refractivity contribution in [3.05, 3.63) is 33.6 Å². The van der Waals surface area contributed by atoms with E-state index in [0.717, 1.165) is 10.0 Å². The van der Waals surface area contributed by atoms with Crippen molar-refractivity contribution in [3.8, 4) is 11.5 Å². The molecule has 0 aliphatic carbocycles. The number of nitrogens with zero attached hydrogens (tertiary/aromatic N) is 2. The highest BCUT2D eigenvalue weighted by Gasteiger charge is 2.09. The maximum absolute atomic E-state index is 5.89. The summed E-state index contributed by atoms with van der Waals surface area (Å²) in [5.74, 6) is 1.02. The molecule has 0 aliphatic rings. The van der Waals surface area contributed by atoms with Crippen LogP contribution in [0.25, 0.3) is 11.5 Å². The Morgan fingerprint density at radius 3 is 2.88 bits per heavy atom. The van der Waals surface area contributed by atoms with Gasteiger partial charge in [0.25, 0.3) is 0 Å². The molecule has 1 aromatic carbocycles. The third kappa shape index (κ3) is 2.42. The van der Waals surface area contributed by atoms with Gasteiger partial charge < -0.3 is 10.2 Å². The molecule has 0 spiro atoms. The molecule has 0 fully saturated rings. The van der Waals surface area contributed by atoms with Crippen molar-refractivity contribution in [1.29, 1.82) is 0 Å². The van der Waals surface area contributed by atoms with E-state index in [1.165, 1.54) is 0 Å². The van der Waals surface area contributed by atoms with Gasteiger partial charge in [0.2, 0.25) is 11.8 Å². The van der Waals surface area contributed by atoms with Gasteiger partial charge in [-0.3, -0.25) is 0 Å². The van der Waals surface area contributed by atoms with Crippen molar-refractivity contribution in [2.45, 2.75) is 6.42 Å². The lowest BCUT2D eigenvalue weighted by Crippen LogP contribution is -2.02. The Hall–Kier alpha value is -0.910. The van der Waals surface area contributed by atoms with E-state index in [4.69, 9.17) is 21.8 Å². The van der Waals surface area contributed by atoms with Gasteiger partial charge in [0, 0.05) is 23.0 Å². The van der Waals surface area contributed by atoms with Crippen molar-refractivity contribution < 1.29 is 4.42 Å². The molecule has 16 heavy (non-hydrogen) atoms. The first-order valence-corrected chi connectivity index (χ1v) is 5.85. The molecule has 84 valence electrons. The molecule has 0 bridgehead atoms. The van der Waals surface area contributed by atoms with Crippen molar-refractivity contribution >= 4 is 27.5 Å². The second kappa shape index (κ2) is 4.95. The first-order chi connectivity index (χ1) is 7.70. The SMILES string of the molecule is NCCc1nnc(-c2ccc(Cl)c(Br)c2)o1. The molecule has 1 aromatic heterocycles. The van der Waals surface area contributed by atoms with Gasteiger partial charge in [-0.05, 0) is 34.1 Å². The normalized spacial score (nSPS) is 10.7. The second-order valence-electron chi connectivity index (χ2n) is 3.17. The largest absolute Gasteiger partial charge is 0.421 e. The molecule has 0 aliphatic heterocycles. The van der Waals surface area contributed by atoms with Crippen molar-refractivity contribution in [2.24, 2.45) is 5.73 Å². The predicted octanol–water partition coefficient (Wildman–Crippen LogP) is 2.65. The van der Waals surface area contributed by atoms with Gasteiger partial charge in [0.1, 0.15) is 0 Å². The molecule has 0 saturated carbocycles. The van der Waals surface area contributed by atoms with Crippen LogP contribution in [-0.2, 0) is 6.42 Å². The summed E-state index contributed by atoms with van der Waals surface area (Å²) in [5, 5.41) is 8.47. The van der Waals surface area contributed by atoms with Crippen LogP contribution < -0.4 is 5.73 Å². The minimum Gasteiger partial charge on any atom is -0.421 e. The van der Waals surface area contributed by atoms with Crippen LogP contribution in [0.15, 0.2) is 27.1 Å². The molecule has 0 atom stereocenters. The highest BCUT2D eigenvalue weighted by atomic mass is 79.9. The van der Waals surface area contributed by atoms with E-state index < -0.39 is 0 Å². The molecule has 6 heteroatoms. The molecular weight excluding hydrogens is 293 g/mol. The Bertz CT molecular complexity index is 501. The van der Waals surface area contributed by atoms with E-state index in [2.05, 4.69) is 26.1 Å². The van der Waals surface area contributed by atoms with Gasteiger partial charge in [0.05, 0.1) is 5.02 Å². The maximum atomic E-state index is 5.89. The van der Waals surface area contributed by atoms with Gasteiger partial charge in [-0.2, -0.15) is 0 Å². The van der Waals surface area contributed by atoms with Gasteiger partial charge in [0.15, 0.2) is 0 Å². The molecule has 4 nitrogen and oxygen atoms in total. The van der Waals surface area contributed by atoms with Crippen LogP contribution >= 0.6 is 27.5 Å². The summed E-state index contributed by atoms with van der Waals surface area (Å²) in [6.45, 7) is 0.492. The minimum absolute atomic E-state index is 0.473. The second-order valence-corrected chi connectivity index (χ2v) is 4.43. The van der Waals surface area contributed by atoms with Crippen LogP contribution in [0, 0.1) is 0 Å². The topological polar surface area (TPSA) is 64.9 Å². The van der Waals surface area contributed by atoms with Crippen LogP contribution in [0.3, 0.4) is 0 Å². The van der Waals surface area contributed by atoms with Gasteiger partial charge >= 0.3 is 0 Å². The van der Waals surface area contributed by atoms with Crippen molar-refractivity contribution in [3.63, 3.8) is 0 Å². The number of nitrogens with two attached hydrogens (primary N) is 1. The Balaban J connectivity index is 2.31. The summed E-state index contributed by atoms with van der Waals surface area (Å²) in [6.07, 6.45) is 0.585. The number of rotatable bonds is 3. The fourth-order valence-electron chi connectivity index (χ4n) is 1.22. The van der Waals surface area contributed by atoms with E-state index in [9.17, 15) is 0 Å². The summed E-state index contributed by atoms with van der Waals surface area (Å²) < 4.78 is 6.24. The van der Waals surface area contributed by atoms with E-state index in [1.807, 2.05) is 12.1 Å². The van der Waals surface area contributed by atoms with Gasteiger partial charge in [-0.1, -0.05) is 11.6 Å². The monoisotopic (exact) mass is 301 g/mol. The number of aromatic nitrogens is 2. The molecule has 2 aromatic rings. The van der Waals surface area contributed by atoms with Gasteiger partial charge in [-0.15, -0.1) is 10.2 Å². The molecule has 0 radical (unpaired) electrons. The number of halogens is 2. The number of hydrogen-bond donors (Lipinski definition) is 1. The molecule has 0 saturated heterocycles. The third-order valence-electron chi connectivity index (χ3n) is 1.99. The average molecular weight is 303 g/mol. The lowest BCUT2D eigenvalue weighted by Gasteiger charge is -1.98. The average Bonchev–Trinajstić information content (AvgIpc) is 2.71. The van der Waals surface area contributed by atoms with Crippen molar-refractivity contribution in [1.82, 2.24) is 10.2 Å². The Labute approximate surface area is 106 Å². The zero-order valence-electron chi connectivity index (χ0n) is 8.28. The summed E-state index contributed by atoms with van der Waals surface area (Å²) in [6, 6.07) is 5.43. The summed E-state index contributed by atoms with van der Waals surface area (Å²) >= 11 is 9.23. The highest BCUT2D eigenvalue weighted by Crippen LogP contribution is 2.28. The first-order valence-electron chi connectivity index (χ1n) is 4.68. The molecule has 2 N–H and O–H groups in total. The van der Waals surface area contributed by atoms with E-state index in [-0.39, 0.29) is 0 Å².